The van der Waals surface area contributed by atoms with Gasteiger partial charge in [-0.05, 0) is 68.0 Å². The smallest absolute Gasteiger partial charge is 0.227 e. The third kappa shape index (κ3) is 5.37. The van der Waals surface area contributed by atoms with Gasteiger partial charge in [0.05, 0.1) is 17.0 Å². The number of aromatic amines is 1. The van der Waals surface area contributed by atoms with Crippen molar-refractivity contribution in [2.75, 3.05) is 32.1 Å². The molecule has 2 fully saturated rings. The van der Waals surface area contributed by atoms with Crippen LogP contribution in [0.2, 0.25) is 0 Å². The summed E-state index contributed by atoms with van der Waals surface area (Å²) in [5.74, 6) is 2.00. The lowest BCUT2D eigenvalue weighted by molar-refractivity contribution is -0.120. The Hall–Kier alpha value is -4.27. The minimum atomic E-state index is 0.0683. The van der Waals surface area contributed by atoms with Crippen molar-refractivity contribution in [1.29, 1.82) is 0 Å². The van der Waals surface area contributed by atoms with Crippen LogP contribution in [-0.4, -0.2) is 58.8 Å². The van der Waals surface area contributed by atoms with Gasteiger partial charge in [0.15, 0.2) is 5.88 Å². The largest absolute Gasteiger partial charge is 0.494 e. The number of nitrogens with zero attached hydrogens (tertiary/aromatic N) is 4. The van der Waals surface area contributed by atoms with Gasteiger partial charge in [0.2, 0.25) is 5.91 Å². The monoisotopic (exact) mass is 589 g/mol. The molecule has 0 radical (unpaired) electrons. The van der Waals surface area contributed by atoms with Crippen molar-refractivity contribution in [3.05, 3.63) is 95.5 Å². The zero-order valence-corrected chi connectivity index (χ0v) is 25.2. The number of nitrogens with one attached hydrogen (secondary N) is 1. The summed E-state index contributed by atoms with van der Waals surface area (Å²) in [6, 6.07) is 23.7. The van der Waals surface area contributed by atoms with Crippen molar-refractivity contribution < 1.29 is 9.90 Å². The average molecular weight is 590 g/mol. The molecule has 2 bridgehead atoms. The van der Waals surface area contributed by atoms with Gasteiger partial charge in [-0.15, -0.1) is 11.3 Å². The molecule has 5 aromatic rings. The van der Waals surface area contributed by atoms with Gasteiger partial charge >= 0.3 is 0 Å². The Balaban J connectivity index is 1.17. The standard InChI is InChI=1S/C35H35N5O2S/c1-39-20-24-8-9-25(21-39)29(24)19-31(41)40(2)27-13-11-26(12-14-27)37-33(22-6-4-3-5-7-22)32-28-15-10-23(35-36-16-17-43-35)18-30(28)38-34(32)42/h3-7,10-18,24-25,29,38,42H,8-9,19-21H2,1-2H3. The number of rotatable bonds is 7. The third-order valence-corrected chi connectivity index (χ3v) is 10.0. The quantitative estimate of drug-likeness (QED) is 0.198. The Morgan fingerprint density at radius 3 is 2.51 bits per heavy atom. The molecule has 2 aromatic heterocycles. The fourth-order valence-electron chi connectivity index (χ4n) is 7.05. The molecule has 1 saturated heterocycles. The van der Waals surface area contributed by atoms with Crippen LogP contribution >= 0.6 is 11.3 Å². The van der Waals surface area contributed by atoms with E-state index in [2.05, 4.69) is 21.9 Å². The minimum Gasteiger partial charge on any atom is -0.494 e. The van der Waals surface area contributed by atoms with Crippen molar-refractivity contribution in [2.45, 2.75) is 19.3 Å². The second-order valence-electron chi connectivity index (χ2n) is 11.9. The van der Waals surface area contributed by atoms with E-state index in [1.54, 1.807) is 22.4 Å². The van der Waals surface area contributed by atoms with Crippen molar-refractivity contribution in [3.63, 3.8) is 0 Å². The highest BCUT2D eigenvalue weighted by Gasteiger charge is 2.42. The van der Waals surface area contributed by atoms with Crippen LogP contribution in [0.1, 0.15) is 30.4 Å². The number of aromatic hydroxyl groups is 1. The van der Waals surface area contributed by atoms with Crippen LogP contribution in [0.25, 0.3) is 21.5 Å². The molecule has 2 N–H and O–H groups in total. The Bertz CT molecular complexity index is 1760. The van der Waals surface area contributed by atoms with E-state index in [9.17, 15) is 9.90 Å². The maximum absolute atomic E-state index is 13.3. The number of likely N-dealkylation sites (tertiary alicyclic amines) is 1. The van der Waals surface area contributed by atoms with Crippen LogP contribution in [0.4, 0.5) is 11.4 Å². The van der Waals surface area contributed by atoms with Gasteiger partial charge in [0, 0.05) is 65.9 Å². The molecule has 8 heteroatoms. The third-order valence-electron chi connectivity index (χ3n) is 9.22. The number of hydrogen-bond acceptors (Lipinski definition) is 6. The van der Waals surface area contributed by atoms with E-state index in [1.165, 1.54) is 12.8 Å². The molecular weight excluding hydrogens is 554 g/mol. The van der Waals surface area contributed by atoms with Crippen molar-refractivity contribution in [2.24, 2.45) is 22.7 Å². The molecule has 43 heavy (non-hydrogen) atoms. The maximum Gasteiger partial charge on any atom is 0.227 e. The van der Waals surface area contributed by atoms with E-state index in [1.807, 2.05) is 85.2 Å². The molecular formula is C35H35N5O2S. The Morgan fingerprint density at radius 2 is 1.81 bits per heavy atom. The molecule has 2 aliphatic rings. The van der Waals surface area contributed by atoms with Crippen LogP contribution in [0.15, 0.2) is 89.4 Å². The predicted molar refractivity (Wildman–Crippen MR) is 174 cm³/mol. The molecule has 2 unspecified atom stereocenters. The molecule has 1 aliphatic heterocycles. The zero-order chi connectivity index (χ0) is 29.5. The number of carbonyl (C=O) groups excluding carboxylic acids is 1. The number of hydrogen-bond donors (Lipinski definition) is 2. The normalized spacial score (nSPS) is 20.5. The molecule has 1 saturated carbocycles. The van der Waals surface area contributed by atoms with E-state index in [0.717, 1.165) is 51.5 Å². The number of fused-ring (bicyclic) bond motifs is 3. The minimum absolute atomic E-state index is 0.0683. The molecule has 3 heterocycles. The first-order valence-corrected chi connectivity index (χ1v) is 15.8. The number of thiazole rings is 1. The zero-order valence-electron chi connectivity index (χ0n) is 24.4. The van der Waals surface area contributed by atoms with Gasteiger partial charge in [-0.3, -0.25) is 4.79 Å². The van der Waals surface area contributed by atoms with E-state index in [-0.39, 0.29) is 11.8 Å². The first-order valence-electron chi connectivity index (χ1n) is 14.9. The van der Waals surface area contributed by atoms with Gasteiger partial charge in [-0.1, -0.05) is 42.5 Å². The summed E-state index contributed by atoms with van der Waals surface area (Å²) in [5.41, 5.74) is 5.62. The number of piperidine rings is 1. The van der Waals surface area contributed by atoms with E-state index in [0.29, 0.717) is 35.4 Å². The maximum atomic E-state index is 13.3. The Kier molecular flexibility index (Phi) is 7.33. The highest BCUT2D eigenvalue weighted by Crippen LogP contribution is 2.43. The fraction of sp³-hybridized carbons (Fsp3) is 0.286. The lowest BCUT2D eigenvalue weighted by Crippen LogP contribution is -2.41. The number of amides is 1. The molecule has 7 rings (SSSR count). The molecule has 1 amide bonds. The number of anilines is 1. The van der Waals surface area contributed by atoms with Crippen LogP contribution in [0.3, 0.4) is 0 Å². The summed E-state index contributed by atoms with van der Waals surface area (Å²) in [7, 11) is 4.07. The second kappa shape index (κ2) is 11.4. The molecule has 7 nitrogen and oxygen atoms in total. The molecule has 3 aromatic carbocycles. The Morgan fingerprint density at radius 1 is 1.07 bits per heavy atom. The molecule has 2 atom stereocenters. The summed E-state index contributed by atoms with van der Waals surface area (Å²) in [6.07, 6.45) is 4.89. The van der Waals surface area contributed by atoms with Gasteiger partial charge in [0.1, 0.15) is 5.01 Å². The van der Waals surface area contributed by atoms with Crippen molar-refractivity contribution >= 4 is 45.2 Å². The van der Waals surface area contributed by atoms with Crippen LogP contribution in [-0.2, 0) is 4.79 Å². The summed E-state index contributed by atoms with van der Waals surface area (Å²) in [4.78, 5) is 30.2. The number of H-pyrrole nitrogens is 1. The lowest BCUT2D eigenvalue weighted by Gasteiger charge is -2.36. The fourth-order valence-corrected chi connectivity index (χ4v) is 7.68. The van der Waals surface area contributed by atoms with Gasteiger partial charge in [0.25, 0.3) is 0 Å². The number of benzene rings is 3. The predicted octanol–water partition coefficient (Wildman–Crippen LogP) is 7.11. The van der Waals surface area contributed by atoms with Gasteiger partial charge in [-0.2, -0.15) is 0 Å². The number of aliphatic imine (C=N–C) groups is 1. The summed E-state index contributed by atoms with van der Waals surface area (Å²) < 4.78 is 0. The molecule has 218 valence electrons. The topological polar surface area (TPSA) is 84.8 Å². The van der Waals surface area contributed by atoms with Crippen LogP contribution in [0.5, 0.6) is 5.88 Å². The first kappa shape index (κ1) is 27.6. The van der Waals surface area contributed by atoms with Crippen LogP contribution < -0.4 is 4.90 Å². The summed E-state index contributed by atoms with van der Waals surface area (Å²) >= 11 is 1.58. The molecule has 1 aliphatic carbocycles. The first-order chi connectivity index (χ1) is 20.9. The number of aromatic nitrogens is 2. The Labute approximate surface area is 255 Å². The highest BCUT2D eigenvalue weighted by atomic mass is 32.1. The summed E-state index contributed by atoms with van der Waals surface area (Å²) in [5, 5.41) is 14.9. The van der Waals surface area contributed by atoms with Gasteiger partial charge in [-0.25, -0.2) is 9.98 Å². The average Bonchev–Trinajstić information content (AvgIpc) is 3.73. The van der Waals surface area contributed by atoms with Crippen LogP contribution in [0, 0.1) is 17.8 Å². The summed E-state index contributed by atoms with van der Waals surface area (Å²) in [6.45, 7) is 2.21. The van der Waals surface area contributed by atoms with Gasteiger partial charge < -0.3 is 19.9 Å². The van der Waals surface area contributed by atoms with Crippen molar-refractivity contribution in [3.8, 4) is 16.5 Å². The highest BCUT2D eigenvalue weighted by molar-refractivity contribution is 7.13. The lowest BCUT2D eigenvalue weighted by atomic mass is 9.82. The van der Waals surface area contributed by atoms with E-state index >= 15 is 0 Å². The van der Waals surface area contributed by atoms with E-state index in [4.69, 9.17) is 4.99 Å². The molecule has 0 spiro atoms. The van der Waals surface area contributed by atoms with Crippen molar-refractivity contribution in [1.82, 2.24) is 14.9 Å². The van der Waals surface area contributed by atoms with E-state index < -0.39 is 0 Å². The number of carbonyl (C=O) groups is 1. The second-order valence-corrected chi connectivity index (χ2v) is 12.8. The SMILES string of the molecule is CN1CC2CCC(C1)C2CC(=O)N(C)c1ccc(N=C(c2ccccc2)c2c(O)[nH]c3cc(-c4nccs4)ccc23)cc1.